The van der Waals surface area contributed by atoms with Crippen molar-refractivity contribution in [2.24, 2.45) is 0 Å². The van der Waals surface area contributed by atoms with Gasteiger partial charge in [-0.2, -0.15) is 5.10 Å². The Balaban J connectivity index is 1.57. The standard InChI is InChI=1S/C17H27N5/c1-3-17-18-9-10-22(17)12-13(2)19-11-16-14-7-5-4-6-8-15(14)20-21-16/h9-10,13,19H,3-8,11-12H2,1-2H3,(H,20,21). The lowest BCUT2D eigenvalue weighted by Crippen LogP contribution is -2.30. The van der Waals surface area contributed by atoms with Gasteiger partial charge in [0.15, 0.2) is 0 Å². The second-order valence-corrected chi connectivity index (χ2v) is 6.32. The van der Waals surface area contributed by atoms with Crippen LogP contribution in [0, 0.1) is 0 Å². The molecule has 0 aromatic carbocycles. The van der Waals surface area contributed by atoms with Gasteiger partial charge in [-0.15, -0.1) is 0 Å². The summed E-state index contributed by atoms with van der Waals surface area (Å²) in [6.07, 6.45) is 11.2. The Labute approximate surface area is 132 Å². The van der Waals surface area contributed by atoms with Gasteiger partial charge in [0, 0.05) is 43.6 Å². The van der Waals surface area contributed by atoms with E-state index >= 15 is 0 Å². The van der Waals surface area contributed by atoms with Crippen LogP contribution < -0.4 is 5.32 Å². The molecule has 3 rings (SSSR count). The molecule has 0 radical (unpaired) electrons. The highest BCUT2D eigenvalue weighted by atomic mass is 15.1. The van der Waals surface area contributed by atoms with Gasteiger partial charge in [-0.05, 0) is 38.2 Å². The van der Waals surface area contributed by atoms with Gasteiger partial charge in [-0.3, -0.25) is 5.10 Å². The van der Waals surface area contributed by atoms with E-state index in [0.717, 1.165) is 31.8 Å². The van der Waals surface area contributed by atoms with Gasteiger partial charge in [0.2, 0.25) is 0 Å². The molecule has 120 valence electrons. The van der Waals surface area contributed by atoms with E-state index in [4.69, 9.17) is 0 Å². The van der Waals surface area contributed by atoms with Crippen LogP contribution in [0.15, 0.2) is 12.4 Å². The fourth-order valence-electron chi connectivity index (χ4n) is 3.32. The Morgan fingerprint density at radius 1 is 1.32 bits per heavy atom. The summed E-state index contributed by atoms with van der Waals surface area (Å²) in [6.45, 7) is 6.18. The number of hydrogen-bond donors (Lipinski definition) is 2. The first-order valence-electron chi connectivity index (χ1n) is 8.56. The Hall–Kier alpha value is -1.62. The SMILES string of the molecule is CCc1nccn1CC(C)NCc1n[nH]c2c1CCCCC2. The van der Waals surface area contributed by atoms with Gasteiger partial charge in [0.25, 0.3) is 0 Å². The Kier molecular flexibility index (Phi) is 4.93. The highest BCUT2D eigenvalue weighted by Crippen LogP contribution is 2.21. The van der Waals surface area contributed by atoms with Gasteiger partial charge in [0.1, 0.15) is 5.82 Å². The highest BCUT2D eigenvalue weighted by Gasteiger charge is 2.16. The van der Waals surface area contributed by atoms with E-state index in [-0.39, 0.29) is 0 Å². The average molecular weight is 301 g/mol. The summed E-state index contributed by atoms with van der Waals surface area (Å²) in [5, 5.41) is 11.4. The van der Waals surface area contributed by atoms with Crippen LogP contribution in [0.25, 0.3) is 0 Å². The Morgan fingerprint density at radius 3 is 3.05 bits per heavy atom. The summed E-state index contributed by atoms with van der Waals surface area (Å²) in [5.74, 6) is 1.15. The molecule has 0 fully saturated rings. The molecule has 1 aliphatic carbocycles. The monoisotopic (exact) mass is 301 g/mol. The molecule has 1 unspecified atom stereocenters. The quantitative estimate of drug-likeness (QED) is 0.806. The highest BCUT2D eigenvalue weighted by molar-refractivity contribution is 5.26. The maximum atomic E-state index is 4.54. The second kappa shape index (κ2) is 7.09. The molecule has 5 heteroatoms. The maximum absolute atomic E-state index is 4.54. The van der Waals surface area contributed by atoms with Crippen molar-refractivity contribution in [1.29, 1.82) is 0 Å². The number of nitrogens with zero attached hydrogens (tertiary/aromatic N) is 3. The molecular formula is C17H27N5. The molecule has 22 heavy (non-hydrogen) atoms. The molecule has 2 aromatic rings. The Morgan fingerprint density at radius 2 is 2.18 bits per heavy atom. The zero-order valence-corrected chi connectivity index (χ0v) is 13.7. The zero-order valence-electron chi connectivity index (χ0n) is 13.7. The largest absolute Gasteiger partial charge is 0.333 e. The molecule has 0 bridgehead atoms. The van der Waals surface area contributed by atoms with Gasteiger partial charge in [-0.1, -0.05) is 13.3 Å². The number of H-pyrrole nitrogens is 1. The molecule has 2 heterocycles. The van der Waals surface area contributed by atoms with Gasteiger partial charge in [-0.25, -0.2) is 4.98 Å². The predicted molar refractivity (Wildman–Crippen MR) is 87.8 cm³/mol. The number of aromatic amines is 1. The van der Waals surface area contributed by atoms with E-state index in [0.29, 0.717) is 6.04 Å². The predicted octanol–water partition coefficient (Wildman–Crippen LogP) is 2.62. The number of fused-ring (bicyclic) bond motifs is 1. The van der Waals surface area contributed by atoms with Crippen molar-refractivity contribution in [3.8, 4) is 0 Å². The molecule has 5 nitrogen and oxygen atoms in total. The number of rotatable bonds is 6. The number of nitrogens with one attached hydrogen (secondary N) is 2. The third kappa shape index (κ3) is 3.40. The summed E-state index contributed by atoms with van der Waals surface area (Å²) in [6, 6.07) is 0.401. The van der Waals surface area contributed by atoms with E-state index in [2.05, 4.69) is 45.1 Å². The third-order valence-electron chi connectivity index (χ3n) is 4.60. The molecule has 1 aliphatic rings. The van der Waals surface area contributed by atoms with Crippen molar-refractivity contribution in [2.45, 2.75) is 71.5 Å². The van der Waals surface area contributed by atoms with E-state index < -0.39 is 0 Å². The number of aryl methyl sites for hydroxylation is 2. The maximum Gasteiger partial charge on any atom is 0.108 e. The lowest BCUT2D eigenvalue weighted by molar-refractivity contribution is 0.464. The van der Waals surface area contributed by atoms with Gasteiger partial charge < -0.3 is 9.88 Å². The molecule has 0 amide bonds. The minimum absolute atomic E-state index is 0.401. The van der Waals surface area contributed by atoms with Crippen LogP contribution in [-0.4, -0.2) is 25.8 Å². The topological polar surface area (TPSA) is 58.5 Å². The van der Waals surface area contributed by atoms with Crippen LogP contribution in [0.1, 0.15) is 55.9 Å². The van der Waals surface area contributed by atoms with Crippen molar-refractivity contribution in [3.05, 3.63) is 35.2 Å². The Bertz CT molecular complexity index is 598. The van der Waals surface area contributed by atoms with Crippen molar-refractivity contribution in [2.75, 3.05) is 0 Å². The van der Waals surface area contributed by atoms with Crippen LogP contribution in [0.5, 0.6) is 0 Å². The first-order valence-corrected chi connectivity index (χ1v) is 8.56. The minimum Gasteiger partial charge on any atom is -0.333 e. The first-order chi connectivity index (χ1) is 10.8. The zero-order chi connectivity index (χ0) is 15.4. The van der Waals surface area contributed by atoms with Crippen LogP contribution in [-0.2, 0) is 32.4 Å². The first kappa shape index (κ1) is 15.3. The summed E-state index contributed by atoms with van der Waals surface area (Å²) in [4.78, 5) is 4.38. The fourth-order valence-corrected chi connectivity index (χ4v) is 3.32. The minimum atomic E-state index is 0.401. The summed E-state index contributed by atoms with van der Waals surface area (Å²) >= 11 is 0. The van der Waals surface area contributed by atoms with E-state index in [9.17, 15) is 0 Å². The number of hydrogen-bond acceptors (Lipinski definition) is 3. The van der Waals surface area contributed by atoms with Crippen LogP contribution >= 0.6 is 0 Å². The summed E-state index contributed by atoms with van der Waals surface area (Å²) < 4.78 is 2.24. The average Bonchev–Trinajstić information content (AvgIpc) is 3.05. The molecule has 0 saturated heterocycles. The number of imidazole rings is 1. The van der Waals surface area contributed by atoms with Crippen molar-refractivity contribution in [3.63, 3.8) is 0 Å². The van der Waals surface area contributed by atoms with Crippen molar-refractivity contribution < 1.29 is 0 Å². The van der Waals surface area contributed by atoms with Gasteiger partial charge >= 0.3 is 0 Å². The third-order valence-corrected chi connectivity index (χ3v) is 4.60. The molecule has 2 aromatic heterocycles. The van der Waals surface area contributed by atoms with Crippen LogP contribution in [0.3, 0.4) is 0 Å². The lowest BCUT2D eigenvalue weighted by atomic mass is 10.1. The molecule has 1 atom stereocenters. The smallest absolute Gasteiger partial charge is 0.108 e. The van der Waals surface area contributed by atoms with Crippen LogP contribution in [0.2, 0.25) is 0 Å². The molecule has 2 N–H and O–H groups in total. The van der Waals surface area contributed by atoms with Crippen molar-refractivity contribution >= 4 is 0 Å². The van der Waals surface area contributed by atoms with Gasteiger partial charge in [0.05, 0.1) is 5.69 Å². The molecule has 0 aliphatic heterocycles. The summed E-state index contributed by atoms with van der Waals surface area (Å²) in [5.41, 5.74) is 4.05. The van der Waals surface area contributed by atoms with E-state index in [1.54, 1.807) is 0 Å². The van der Waals surface area contributed by atoms with Crippen molar-refractivity contribution in [1.82, 2.24) is 25.1 Å². The number of aromatic nitrogens is 4. The molecular weight excluding hydrogens is 274 g/mol. The molecule has 0 saturated carbocycles. The summed E-state index contributed by atoms with van der Waals surface area (Å²) in [7, 11) is 0. The normalized spacial score (nSPS) is 16.3. The van der Waals surface area contributed by atoms with E-state index in [1.165, 1.54) is 42.6 Å². The lowest BCUT2D eigenvalue weighted by Gasteiger charge is -2.15. The molecule has 0 spiro atoms. The second-order valence-electron chi connectivity index (χ2n) is 6.32. The van der Waals surface area contributed by atoms with Crippen LogP contribution in [0.4, 0.5) is 0 Å². The van der Waals surface area contributed by atoms with E-state index in [1.807, 2.05) is 6.20 Å². The fraction of sp³-hybridized carbons (Fsp3) is 0.647.